The Labute approximate surface area is 129 Å². The summed E-state index contributed by atoms with van der Waals surface area (Å²) >= 11 is 9.59. The minimum absolute atomic E-state index is 0.228. The second-order valence-electron chi connectivity index (χ2n) is 5.12. The quantitative estimate of drug-likeness (QED) is 0.227. The lowest BCUT2D eigenvalue weighted by Crippen LogP contribution is -2.16. The molecule has 0 aliphatic rings. The molecule has 106 valence electrons. The van der Waals surface area contributed by atoms with E-state index in [2.05, 4.69) is 29.0 Å². The Morgan fingerprint density at radius 3 is 2.53 bits per heavy atom. The van der Waals surface area contributed by atoms with Crippen molar-refractivity contribution >= 4 is 40.4 Å². The molecule has 0 N–H and O–H groups in total. The lowest BCUT2D eigenvalue weighted by molar-refractivity contribution is -0.143. The largest absolute Gasteiger partial charge is 0.465 e. The molecule has 0 aliphatic carbocycles. The van der Waals surface area contributed by atoms with Crippen molar-refractivity contribution in [1.82, 2.24) is 0 Å². The van der Waals surface area contributed by atoms with Crippen LogP contribution in [0.3, 0.4) is 0 Å². The van der Waals surface area contributed by atoms with Gasteiger partial charge in [0, 0.05) is 0 Å². The summed E-state index contributed by atoms with van der Waals surface area (Å²) in [4.78, 5) is 11.4. The fraction of sp³-hybridized carbons (Fsp3) is 0.500. The molecule has 0 aliphatic heterocycles. The Morgan fingerprint density at radius 2 is 1.95 bits per heavy atom. The standard InChI is InChI=1S/C14H20BrClO2Si/c1-19(2,16)11-7-6-10-18-14(17)13(15)12-8-4-3-5-9-12/h3-5,8-9,13H,6-7,10-11H2,1-2H3. The molecule has 0 radical (unpaired) electrons. The normalized spacial score (nSPS) is 13.1. The van der Waals surface area contributed by atoms with Crippen LogP contribution in [0, 0.1) is 0 Å². The maximum Gasteiger partial charge on any atom is 0.324 e. The highest BCUT2D eigenvalue weighted by molar-refractivity contribution is 9.09. The zero-order valence-electron chi connectivity index (χ0n) is 11.4. The molecule has 2 nitrogen and oxygen atoms in total. The number of halogens is 2. The number of esters is 1. The highest BCUT2D eigenvalue weighted by Crippen LogP contribution is 2.24. The molecule has 0 saturated carbocycles. The highest BCUT2D eigenvalue weighted by Gasteiger charge is 2.19. The Morgan fingerprint density at radius 1 is 1.32 bits per heavy atom. The third-order valence-electron chi connectivity index (χ3n) is 2.71. The summed E-state index contributed by atoms with van der Waals surface area (Å²) in [6.07, 6.45) is 1.90. The van der Waals surface area contributed by atoms with Gasteiger partial charge in [-0.3, -0.25) is 4.79 Å². The number of carbonyl (C=O) groups excluding carboxylic acids is 1. The van der Waals surface area contributed by atoms with Crippen LogP contribution in [0.1, 0.15) is 23.2 Å². The molecule has 0 fully saturated rings. The summed E-state index contributed by atoms with van der Waals surface area (Å²) in [6.45, 7) is 4.73. The van der Waals surface area contributed by atoms with Gasteiger partial charge in [0.15, 0.2) is 0 Å². The van der Waals surface area contributed by atoms with Gasteiger partial charge in [-0.15, -0.1) is 0 Å². The van der Waals surface area contributed by atoms with Gasteiger partial charge in [-0.05, 0) is 18.0 Å². The summed E-state index contributed by atoms with van der Waals surface area (Å²) in [5.74, 6) is -0.228. The first kappa shape index (κ1) is 16.7. The maximum atomic E-state index is 11.8. The van der Waals surface area contributed by atoms with Gasteiger partial charge in [0.2, 0.25) is 0 Å². The van der Waals surface area contributed by atoms with Crippen molar-refractivity contribution in [1.29, 1.82) is 0 Å². The zero-order chi connectivity index (χ0) is 14.3. The molecule has 0 spiro atoms. The first-order chi connectivity index (χ1) is 8.90. The van der Waals surface area contributed by atoms with Crippen LogP contribution >= 0.6 is 27.0 Å². The summed E-state index contributed by atoms with van der Waals surface area (Å²) in [7, 11) is -1.49. The van der Waals surface area contributed by atoms with Gasteiger partial charge in [-0.1, -0.05) is 65.8 Å². The molecule has 1 aromatic rings. The van der Waals surface area contributed by atoms with Crippen LogP contribution in [-0.4, -0.2) is 20.0 Å². The number of unbranched alkanes of at least 4 members (excludes halogenated alkanes) is 1. The summed E-state index contributed by atoms with van der Waals surface area (Å²) in [6, 6.07) is 10.6. The van der Waals surface area contributed by atoms with Crippen molar-refractivity contribution in [3.8, 4) is 0 Å². The molecular weight excluding hydrogens is 344 g/mol. The molecule has 1 rings (SSSR count). The van der Waals surface area contributed by atoms with Gasteiger partial charge in [0.1, 0.15) is 12.2 Å². The number of alkyl halides is 1. The van der Waals surface area contributed by atoms with E-state index in [1.165, 1.54) is 0 Å². The number of hydrogen-bond acceptors (Lipinski definition) is 2. The second kappa shape index (κ2) is 8.07. The van der Waals surface area contributed by atoms with E-state index in [0.717, 1.165) is 24.4 Å². The summed E-state index contributed by atoms with van der Waals surface area (Å²) in [5, 5.41) is 0. The SMILES string of the molecule is C[Si](C)(Cl)CCCCOC(=O)C(Br)c1ccccc1. The Balaban J connectivity index is 2.25. The van der Waals surface area contributed by atoms with Crippen molar-refractivity contribution in [3.63, 3.8) is 0 Å². The van der Waals surface area contributed by atoms with E-state index >= 15 is 0 Å². The second-order valence-corrected chi connectivity index (χ2v) is 13.0. The van der Waals surface area contributed by atoms with E-state index in [4.69, 9.17) is 15.8 Å². The van der Waals surface area contributed by atoms with Gasteiger partial charge in [-0.2, -0.15) is 11.1 Å². The van der Waals surface area contributed by atoms with Gasteiger partial charge in [0.05, 0.1) is 6.61 Å². The van der Waals surface area contributed by atoms with Crippen molar-refractivity contribution in [2.24, 2.45) is 0 Å². The molecular formula is C14H20BrClO2Si. The maximum absolute atomic E-state index is 11.8. The van der Waals surface area contributed by atoms with Crippen LogP contribution in [0.2, 0.25) is 19.1 Å². The number of rotatable bonds is 7. The van der Waals surface area contributed by atoms with E-state index in [0.29, 0.717) is 6.61 Å². The van der Waals surface area contributed by atoms with E-state index in [-0.39, 0.29) is 10.8 Å². The Hall–Kier alpha value is -0.323. The fourth-order valence-corrected chi connectivity index (χ4v) is 3.58. The molecule has 19 heavy (non-hydrogen) atoms. The minimum Gasteiger partial charge on any atom is -0.465 e. The fourth-order valence-electron chi connectivity index (χ4n) is 1.65. The van der Waals surface area contributed by atoms with Crippen LogP contribution < -0.4 is 0 Å². The smallest absolute Gasteiger partial charge is 0.324 e. The van der Waals surface area contributed by atoms with Crippen molar-refractivity contribution in [2.45, 2.75) is 36.8 Å². The van der Waals surface area contributed by atoms with Gasteiger partial charge >= 0.3 is 5.97 Å². The van der Waals surface area contributed by atoms with Crippen molar-refractivity contribution in [2.75, 3.05) is 6.61 Å². The monoisotopic (exact) mass is 362 g/mol. The predicted octanol–water partition coefficient (Wildman–Crippen LogP) is 4.89. The topological polar surface area (TPSA) is 26.3 Å². The van der Waals surface area contributed by atoms with Gasteiger partial charge in [0.25, 0.3) is 0 Å². The van der Waals surface area contributed by atoms with Crippen LogP contribution in [0.15, 0.2) is 30.3 Å². The first-order valence-corrected chi connectivity index (χ1v) is 11.6. The number of benzene rings is 1. The minimum atomic E-state index is -1.49. The molecule has 0 saturated heterocycles. The molecule has 5 heteroatoms. The summed E-state index contributed by atoms with van der Waals surface area (Å²) in [5.41, 5.74) is 0.918. The average Bonchev–Trinajstić information content (AvgIpc) is 2.37. The lowest BCUT2D eigenvalue weighted by atomic mass is 10.1. The average molecular weight is 364 g/mol. The summed E-state index contributed by atoms with van der Waals surface area (Å²) < 4.78 is 5.26. The van der Waals surface area contributed by atoms with E-state index in [9.17, 15) is 4.79 Å². The Bertz CT molecular complexity index is 392. The number of hydrogen-bond donors (Lipinski definition) is 0. The van der Waals surface area contributed by atoms with E-state index < -0.39 is 7.38 Å². The molecule has 0 heterocycles. The van der Waals surface area contributed by atoms with E-state index in [1.807, 2.05) is 30.3 Å². The molecule has 1 aromatic carbocycles. The van der Waals surface area contributed by atoms with Crippen LogP contribution in [-0.2, 0) is 9.53 Å². The molecule has 0 bridgehead atoms. The first-order valence-electron chi connectivity index (χ1n) is 6.45. The van der Waals surface area contributed by atoms with Crippen LogP contribution in [0.25, 0.3) is 0 Å². The third kappa shape index (κ3) is 7.13. The molecule has 1 unspecified atom stereocenters. The molecule has 0 aromatic heterocycles. The van der Waals surface area contributed by atoms with Gasteiger partial charge < -0.3 is 4.74 Å². The third-order valence-corrected chi connectivity index (χ3v) is 5.72. The lowest BCUT2D eigenvalue weighted by Gasteiger charge is -2.13. The number of carbonyl (C=O) groups is 1. The van der Waals surface area contributed by atoms with Crippen LogP contribution in [0.4, 0.5) is 0 Å². The van der Waals surface area contributed by atoms with Gasteiger partial charge in [-0.25, -0.2) is 0 Å². The van der Waals surface area contributed by atoms with Crippen molar-refractivity contribution in [3.05, 3.63) is 35.9 Å². The molecule has 0 amide bonds. The molecule has 1 atom stereocenters. The zero-order valence-corrected chi connectivity index (χ0v) is 14.7. The van der Waals surface area contributed by atoms with Crippen molar-refractivity contribution < 1.29 is 9.53 Å². The van der Waals surface area contributed by atoms with E-state index in [1.54, 1.807) is 0 Å². The highest BCUT2D eigenvalue weighted by atomic mass is 79.9. The number of ether oxygens (including phenoxy) is 1. The predicted molar refractivity (Wildman–Crippen MR) is 86.4 cm³/mol. The van der Waals surface area contributed by atoms with Crippen LogP contribution in [0.5, 0.6) is 0 Å². The Kier molecular flexibility index (Phi) is 7.11.